The molecule has 0 atom stereocenters. The van der Waals surface area contributed by atoms with Crippen molar-refractivity contribution in [1.29, 1.82) is 0 Å². The zero-order chi connectivity index (χ0) is 21.7. The Balaban J connectivity index is 1.54. The first-order chi connectivity index (χ1) is 14.0. The Hall–Kier alpha value is -2.38. The summed E-state index contributed by atoms with van der Waals surface area (Å²) in [7, 11) is -0.105. The van der Waals surface area contributed by atoms with E-state index >= 15 is 0 Å². The summed E-state index contributed by atoms with van der Waals surface area (Å²) in [6, 6.07) is 10.2. The third-order valence-corrected chi connectivity index (χ3v) is 11.6. The van der Waals surface area contributed by atoms with Gasteiger partial charge in [0.2, 0.25) is 0 Å². The van der Waals surface area contributed by atoms with E-state index in [1.54, 1.807) is 16.0 Å². The number of thiophene rings is 1. The molecule has 3 aromatic rings. The van der Waals surface area contributed by atoms with E-state index in [1.165, 1.54) is 9.75 Å². The van der Waals surface area contributed by atoms with Crippen LogP contribution in [0.4, 0.5) is 0 Å². The predicted octanol–water partition coefficient (Wildman–Crippen LogP) is 5.69. The number of carbonyl (C=O) groups excluding carboxylic acids is 1. The summed E-state index contributed by atoms with van der Waals surface area (Å²) >= 11 is 1.71. The maximum absolute atomic E-state index is 13.3. The molecule has 0 saturated heterocycles. The monoisotopic (exact) mass is 439 g/mol. The van der Waals surface area contributed by atoms with Crippen LogP contribution in [0.2, 0.25) is 18.1 Å². The van der Waals surface area contributed by atoms with Gasteiger partial charge >= 0.3 is 0 Å². The van der Waals surface area contributed by atoms with E-state index in [1.807, 2.05) is 42.5 Å². The van der Waals surface area contributed by atoms with Crippen LogP contribution >= 0.6 is 11.3 Å². The molecule has 30 heavy (non-hydrogen) atoms. The molecular weight excluding hydrogens is 410 g/mol. The fraction of sp³-hybridized carbons (Fsp3) is 0.391. The molecule has 1 aliphatic rings. The summed E-state index contributed by atoms with van der Waals surface area (Å²) in [4.78, 5) is 17.5. The quantitative estimate of drug-likeness (QED) is 0.480. The van der Waals surface area contributed by atoms with Crippen molar-refractivity contribution in [3.63, 3.8) is 0 Å². The first kappa shape index (κ1) is 20.9. The van der Waals surface area contributed by atoms with Gasteiger partial charge in [-0.2, -0.15) is 5.10 Å². The second-order valence-corrected chi connectivity index (χ2v) is 15.4. The van der Waals surface area contributed by atoms with Crippen LogP contribution in [0.1, 0.15) is 41.6 Å². The molecule has 0 saturated carbocycles. The van der Waals surface area contributed by atoms with Gasteiger partial charge in [0, 0.05) is 35.1 Å². The van der Waals surface area contributed by atoms with Gasteiger partial charge in [-0.15, -0.1) is 11.3 Å². The van der Waals surface area contributed by atoms with Crippen molar-refractivity contribution >= 4 is 25.6 Å². The third-order valence-electron chi connectivity index (χ3n) is 6.14. The molecule has 158 valence electrons. The number of hydrogen-bond acceptors (Lipinski definition) is 4. The number of amides is 1. The highest BCUT2D eigenvalue weighted by Gasteiger charge is 2.41. The molecule has 3 heterocycles. The van der Waals surface area contributed by atoms with E-state index in [-0.39, 0.29) is 10.9 Å². The van der Waals surface area contributed by atoms with Crippen molar-refractivity contribution in [3.8, 4) is 16.2 Å². The second kappa shape index (κ2) is 7.39. The highest BCUT2D eigenvalue weighted by Crippen LogP contribution is 2.40. The standard InChI is InChI=1S/C23H29N3O2SSi/c1-23(2,3)30(5,6)28-19-9-7-8-16-14-26(22(27)21(16)19)15-18-10-11-20(29-18)17-12-24-25(4)13-17/h7-13H,14-15H2,1-6H3. The lowest BCUT2D eigenvalue weighted by atomic mass is 10.1. The number of carbonyl (C=O) groups is 1. The van der Waals surface area contributed by atoms with Crippen LogP contribution in [0, 0.1) is 0 Å². The van der Waals surface area contributed by atoms with Crippen molar-refractivity contribution in [2.24, 2.45) is 7.05 Å². The molecule has 0 fully saturated rings. The number of hydrogen-bond donors (Lipinski definition) is 0. The minimum absolute atomic E-state index is 0.0654. The molecule has 1 aliphatic heterocycles. The van der Waals surface area contributed by atoms with Gasteiger partial charge < -0.3 is 9.33 Å². The molecule has 7 heteroatoms. The van der Waals surface area contributed by atoms with Crippen molar-refractivity contribution in [3.05, 3.63) is 58.7 Å². The van der Waals surface area contributed by atoms with Gasteiger partial charge in [-0.1, -0.05) is 32.9 Å². The van der Waals surface area contributed by atoms with Crippen LogP contribution in [0.3, 0.4) is 0 Å². The highest BCUT2D eigenvalue weighted by molar-refractivity contribution is 7.15. The average molecular weight is 440 g/mol. The first-order valence-corrected chi connectivity index (χ1v) is 14.0. The Labute approximate surface area is 183 Å². The lowest BCUT2D eigenvalue weighted by molar-refractivity contribution is 0.0767. The van der Waals surface area contributed by atoms with E-state index in [9.17, 15) is 4.79 Å². The first-order valence-electron chi connectivity index (χ1n) is 10.2. The fourth-order valence-corrected chi connectivity index (χ4v) is 5.41. The van der Waals surface area contributed by atoms with Crippen molar-refractivity contribution in [2.75, 3.05) is 0 Å². The van der Waals surface area contributed by atoms with Gasteiger partial charge in [-0.05, 0) is 41.9 Å². The summed E-state index contributed by atoms with van der Waals surface area (Å²) < 4.78 is 8.33. The number of benzene rings is 1. The van der Waals surface area contributed by atoms with Gasteiger partial charge in [0.1, 0.15) is 5.75 Å². The SMILES string of the molecule is Cn1cc(-c2ccc(CN3Cc4cccc(O[Si](C)(C)C(C)(C)C)c4C3=O)s2)cn1. The van der Waals surface area contributed by atoms with Crippen molar-refractivity contribution in [2.45, 2.75) is 52.0 Å². The lowest BCUT2D eigenvalue weighted by Gasteiger charge is -2.36. The molecule has 0 spiro atoms. The Morgan fingerprint density at radius 3 is 2.63 bits per heavy atom. The van der Waals surface area contributed by atoms with Crippen LogP contribution in [0.5, 0.6) is 5.75 Å². The molecule has 0 N–H and O–H groups in total. The van der Waals surface area contributed by atoms with E-state index in [0.29, 0.717) is 13.1 Å². The molecule has 1 aromatic carbocycles. The summed E-state index contributed by atoms with van der Waals surface area (Å²) in [6.07, 6.45) is 3.88. The fourth-order valence-electron chi connectivity index (χ4n) is 3.38. The topological polar surface area (TPSA) is 47.4 Å². The number of rotatable bonds is 5. The third kappa shape index (κ3) is 3.84. The molecule has 5 nitrogen and oxygen atoms in total. The Morgan fingerprint density at radius 1 is 1.20 bits per heavy atom. The van der Waals surface area contributed by atoms with Crippen molar-refractivity contribution < 1.29 is 9.22 Å². The maximum Gasteiger partial charge on any atom is 0.258 e. The van der Waals surface area contributed by atoms with E-state index in [4.69, 9.17) is 4.43 Å². The molecule has 0 unspecified atom stereocenters. The van der Waals surface area contributed by atoms with Gasteiger partial charge in [0.05, 0.1) is 18.3 Å². The number of fused-ring (bicyclic) bond motifs is 1. The molecule has 0 radical (unpaired) electrons. The molecule has 0 aliphatic carbocycles. The lowest BCUT2D eigenvalue weighted by Crippen LogP contribution is -2.44. The van der Waals surface area contributed by atoms with Crippen LogP contribution < -0.4 is 4.43 Å². The van der Waals surface area contributed by atoms with E-state index in [2.05, 4.69) is 51.1 Å². The number of aromatic nitrogens is 2. The normalized spacial score (nSPS) is 14.3. The molecular formula is C23H29N3O2SSi. The molecule has 2 aromatic heterocycles. The Kier molecular flexibility index (Phi) is 5.14. The van der Waals surface area contributed by atoms with Crippen LogP contribution in [-0.2, 0) is 20.1 Å². The van der Waals surface area contributed by atoms with Gasteiger partial charge in [0.15, 0.2) is 0 Å². The molecule has 0 bridgehead atoms. The summed E-state index contributed by atoms with van der Waals surface area (Å²) in [5, 5.41) is 4.33. The van der Waals surface area contributed by atoms with E-state index in [0.717, 1.165) is 22.4 Å². The van der Waals surface area contributed by atoms with Crippen LogP contribution in [-0.4, -0.2) is 28.9 Å². The minimum Gasteiger partial charge on any atom is -0.543 e. The van der Waals surface area contributed by atoms with Crippen molar-refractivity contribution in [1.82, 2.24) is 14.7 Å². The number of aryl methyl sites for hydroxylation is 1. The highest BCUT2D eigenvalue weighted by atomic mass is 32.1. The molecule has 1 amide bonds. The Bertz CT molecular complexity index is 1090. The maximum atomic E-state index is 13.3. The summed E-state index contributed by atoms with van der Waals surface area (Å²) in [5.41, 5.74) is 2.90. The largest absolute Gasteiger partial charge is 0.543 e. The number of nitrogens with zero attached hydrogens (tertiary/aromatic N) is 3. The van der Waals surface area contributed by atoms with Crippen LogP contribution in [0.25, 0.3) is 10.4 Å². The van der Waals surface area contributed by atoms with Gasteiger partial charge in [0.25, 0.3) is 14.2 Å². The zero-order valence-corrected chi connectivity index (χ0v) is 20.3. The zero-order valence-electron chi connectivity index (χ0n) is 18.5. The predicted molar refractivity (Wildman–Crippen MR) is 124 cm³/mol. The molecule has 4 rings (SSSR count). The van der Waals surface area contributed by atoms with Gasteiger partial charge in [-0.3, -0.25) is 9.48 Å². The second-order valence-electron chi connectivity index (χ2n) is 9.48. The summed E-state index contributed by atoms with van der Waals surface area (Å²) in [6.45, 7) is 12.3. The van der Waals surface area contributed by atoms with E-state index < -0.39 is 8.32 Å². The summed E-state index contributed by atoms with van der Waals surface area (Å²) in [5.74, 6) is 0.810. The smallest absolute Gasteiger partial charge is 0.258 e. The minimum atomic E-state index is -2.02. The van der Waals surface area contributed by atoms with Gasteiger partial charge in [-0.25, -0.2) is 0 Å². The average Bonchev–Trinajstić information content (AvgIpc) is 3.35. The van der Waals surface area contributed by atoms with Crippen LogP contribution in [0.15, 0.2) is 42.7 Å². The Morgan fingerprint density at radius 2 is 1.97 bits per heavy atom.